The van der Waals surface area contributed by atoms with Gasteiger partial charge in [0.1, 0.15) is 0 Å². The van der Waals surface area contributed by atoms with E-state index in [2.05, 4.69) is 17.1 Å². The molecule has 3 rings (SSSR count). The number of nitrogens with zero attached hydrogens (tertiary/aromatic N) is 3. The molecule has 0 aromatic carbocycles. The summed E-state index contributed by atoms with van der Waals surface area (Å²) in [6.45, 7) is 4.60. The molecule has 1 aromatic heterocycles. The van der Waals surface area contributed by atoms with E-state index < -0.39 is 0 Å². The van der Waals surface area contributed by atoms with E-state index in [1.165, 1.54) is 6.20 Å². The van der Waals surface area contributed by atoms with E-state index in [-0.39, 0.29) is 5.91 Å². The minimum absolute atomic E-state index is 0.0632. The van der Waals surface area contributed by atoms with Crippen molar-refractivity contribution < 1.29 is 9.53 Å². The van der Waals surface area contributed by atoms with Crippen LogP contribution in [-0.4, -0.2) is 46.8 Å². The normalized spacial score (nSPS) is 30.2. The summed E-state index contributed by atoms with van der Waals surface area (Å²) in [7, 11) is 0. The average molecular weight is 261 g/mol. The summed E-state index contributed by atoms with van der Waals surface area (Å²) in [5.41, 5.74) is 0.624. The first-order valence-electron chi connectivity index (χ1n) is 6.97. The molecule has 19 heavy (non-hydrogen) atoms. The molecule has 1 aromatic rings. The number of hydrogen-bond donors (Lipinski definition) is 0. The Labute approximate surface area is 113 Å². The Hall–Kier alpha value is -1.49. The van der Waals surface area contributed by atoms with Crippen LogP contribution >= 0.6 is 0 Å². The van der Waals surface area contributed by atoms with Crippen LogP contribution in [0.3, 0.4) is 0 Å². The van der Waals surface area contributed by atoms with E-state index in [9.17, 15) is 4.79 Å². The van der Waals surface area contributed by atoms with Gasteiger partial charge < -0.3 is 9.64 Å². The molecule has 102 valence electrons. The number of amides is 1. The maximum absolute atomic E-state index is 12.4. The van der Waals surface area contributed by atoms with Gasteiger partial charge in [0.2, 0.25) is 0 Å². The number of aromatic nitrogens is 2. The molecule has 0 unspecified atom stereocenters. The van der Waals surface area contributed by atoms with Crippen molar-refractivity contribution in [2.45, 2.75) is 25.9 Å². The number of ether oxygens (including phenoxy) is 1. The highest BCUT2D eigenvalue weighted by Gasteiger charge is 2.40. The molecule has 0 bridgehead atoms. The number of likely N-dealkylation sites (tertiary alicyclic amines) is 1. The second kappa shape index (κ2) is 5.25. The van der Waals surface area contributed by atoms with Crippen LogP contribution in [0.1, 0.15) is 30.1 Å². The van der Waals surface area contributed by atoms with E-state index in [0.717, 1.165) is 32.5 Å². The zero-order chi connectivity index (χ0) is 13.2. The average Bonchev–Trinajstić information content (AvgIpc) is 2.89. The topological polar surface area (TPSA) is 55.3 Å². The fourth-order valence-corrected chi connectivity index (χ4v) is 3.29. The first-order valence-corrected chi connectivity index (χ1v) is 6.97. The highest BCUT2D eigenvalue weighted by atomic mass is 16.5. The van der Waals surface area contributed by atoms with Crippen molar-refractivity contribution in [3.05, 3.63) is 24.0 Å². The van der Waals surface area contributed by atoms with Crippen LogP contribution in [0.15, 0.2) is 18.5 Å². The lowest BCUT2D eigenvalue weighted by molar-refractivity contribution is 0.0607. The molecule has 0 aliphatic carbocycles. The lowest BCUT2D eigenvalue weighted by Gasteiger charge is -2.35. The molecule has 5 nitrogen and oxygen atoms in total. The van der Waals surface area contributed by atoms with Gasteiger partial charge in [-0.1, -0.05) is 6.92 Å². The molecule has 2 aliphatic rings. The number of carbonyl (C=O) groups is 1. The van der Waals surface area contributed by atoms with Crippen molar-refractivity contribution in [3.63, 3.8) is 0 Å². The third-order valence-electron chi connectivity index (χ3n) is 4.32. The van der Waals surface area contributed by atoms with Crippen LogP contribution in [-0.2, 0) is 4.74 Å². The van der Waals surface area contributed by atoms with E-state index in [1.807, 2.05) is 4.90 Å². The predicted octanol–water partition coefficient (Wildman–Crippen LogP) is 1.36. The fourth-order valence-electron chi connectivity index (χ4n) is 3.29. The van der Waals surface area contributed by atoms with Gasteiger partial charge in [0.15, 0.2) is 0 Å². The second-order valence-corrected chi connectivity index (χ2v) is 5.37. The molecule has 0 spiro atoms. The van der Waals surface area contributed by atoms with Gasteiger partial charge in [0, 0.05) is 19.0 Å². The van der Waals surface area contributed by atoms with Crippen molar-refractivity contribution in [2.75, 3.05) is 19.7 Å². The van der Waals surface area contributed by atoms with E-state index in [0.29, 0.717) is 23.5 Å². The van der Waals surface area contributed by atoms with Crippen molar-refractivity contribution in [2.24, 2.45) is 11.8 Å². The largest absolute Gasteiger partial charge is 0.378 e. The van der Waals surface area contributed by atoms with Crippen molar-refractivity contribution in [1.82, 2.24) is 15.1 Å². The highest BCUT2D eigenvalue weighted by molar-refractivity contribution is 5.93. The molecule has 5 heteroatoms. The summed E-state index contributed by atoms with van der Waals surface area (Å²) in [6, 6.07) is 1.72. The SMILES string of the molecule is CC[C@@H]1OC[C@@H]2CN(C(=O)c3ccnnc3)CC[C@H]21. The summed E-state index contributed by atoms with van der Waals surface area (Å²) in [5, 5.41) is 7.48. The van der Waals surface area contributed by atoms with Crippen molar-refractivity contribution >= 4 is 5.91 Å². The Morgan fingerprint density at radius 3 is 3.16 bits per heavy atom. The summed E-state index contributed by atoms with van der Waals surface area (Å²) in [5.74, 6) is 1.19. The zero-order valence-electron chi connectivity index (χ0n) is 11.2. The maximum Gasteiger partial charge on any atom is 0.255 e. The molecule has 0 N–H and O–H groups in total. The minimum Gasteiger partial charge on any atom is -0.378 e. The number of piperidine rings is 1. The quantitative estimate of drug-likeness (QED) is 0.806. The summed E-state index contributed by atoms with van der Waals surface area (Å²) < 4.78 is 5.82. The summed E-state index contributed by atoms with van der Waals surface area (Å²) in [4.78, 5) is 14.3. The van der Waals surface area contributed by atoms with Crippen LogP contribution in [0.5, 0.6) is 0 Å². The van der Waals surface area contributed by atoms with Crippen molar-refractivity contribution in [1.29, 1.82) is 0 Å². The Balaban J connectivity index is 1.68. The van der Waals surface area contributed by atoms with Gasteiger partial charge in [-0.3, -0.25) is 4.79 Å². The van der Waals surface area contributed by atoms with Crippen LogP contribution in [0.2, 0.25) is 0 Å². The zero-order valence-corrected chi connectivity index (χ0v) is 11.2. The standard InChI is InChI=1S/C14H19N3O2/c1-2-13-12-4-6-17(8-11(12)9-19-13)14(18)10-3-5-15-16-7-10/h3,5,7,11-13H,2,4,6,8-9H2,1H3/t11-,12+,13-/m0/s1. The van der Waals surface area contributed by atoms with Crippen molar-refractivity contribution in [3.8, 4) is 0 Å². The fraction of sp³-hybridized carbons (Fsp3) is 0.643. The van der Waals surface area contributed by atoms with E-state index >= 15 is 0 Å². The molecular formula is C14H19N3O2. The molecule has 0 radical (unpaired) electrons. The van der Waals surface area contributed by atoms with E-state index in [1.54, 1.807) is 12.3 Å². The smallest absolute Gasteiger partial charge is 0.255 e. The number of rotatable bonds is 2. The third-order valence-corrected chi connectivity index (χ3v) is 4.32. The lowest BCUT2D eigenvalue weighted by Crippen LogP contribution is -2.44. The Kier molecular flexibility index (Phi) is 3.46. The van der Waals surface area contributed by atoms with Gasteiger partial charge >= 0.3 is 0 Å². The molecule has 2 fully saturated rings. The Morgan fingerprint density at radius 2 is 2.42 bits per heavy atom. The number of carbonyl (C=O) groups excluding carboxylic acids is 1. The Morgan fingerprint density at radius 1 is 1.53 bits per heavy atom. The second-order valence-electron chi connectivity index (χ2n) is 5.37. The molecule has 2 saturated heterocycles. The third kappa shape index (κ3) is 2.34. The predicted molar refractivity (Wildman–Crippen MR) is 69.6 cm³/mol. The van der Waals surface area contributed by atoms with Gasteiger partial charge in [-0.2, -0.15) is 10.2 Å². The van der Waals surface area contributed by atoms with Crippen LogP contribution in [0.25, 0.3) is 0 Å². The first kappa shape index (κ1) is 12.5. The van der Waals surface area contributed by atoms with Crippen LogP contribution in [0, 0.1) is 11.8 Å². The maximum atomic E-state index is 12.4. The molecule has 1 amide bonds. The monoisotopic (exact) mass is 261 g/mol. The molecule has 3 heterocycles. The van der Waals surface area contributed by atoms with Gasteiger partial charge in [-0.05, 0) is 24.8 Å². The number of fused-ring (bicyclic) bond motifs is 1. The first-order chi connectivity index (χ1) is 9.29. The van der Waals surface area contributed by atoms with Gasteiger partial charge in [0.25, 0.3) is 5.91 Å². The van der Waals surface area contributed by atoms with Gasteiger partial charge in [-0.15, -0.1) is 0 Å². The minimum atomic E-state index is 0.0632. The van der Waals surface area contributed by atoms with E-state index in [4.69, 9.17) is 4.74 Å². The molecule has 0 saturated carbocycles. The van der Waals surface area contributed by atoms with Gasteiger partial charge in [0.05, 0.1) is 30.7 Å². The highest BCUT2D eigenvalue weighted by Crippen LogP contribution is 2.35. The van der Waals surface area contributed by atoms with Crippen LogP contribution in [0.4, 0.5) is 0 Å². The summed E-state index contributed by atoms with van der Waals surface area (Å²) in [6.07, 6.45) is 5.61. The van der Waals surface area contributed by atoms with Gasteiger partial charge in [-0.25, -0.2) is 0 Å². The van der Waals surface area contributed by atoms with Crippen LogP contribution < -0.4 is 0 Å². The summed E-state index contributed by atoms with van der Waals surface area (Å²) >= 11 is 0. The lowest BCUT2D eigenvalue weighted by atomic mass is 9.83. The molecule has 2 aliphatic heterocycles. The Bertz CT molecular complexity index is 451. The molecular weight excluding hydrogens is 242 g/mol. The molecule has 3 atom stereocenters. The number of hydrogen-bond acceptors (Lipinski definition) is 4.